The molecule has 0 fully saturated rings. The third-order valence-corrected chi connectivity index (χ3v) is 9.11. The van der Waals surface area contributed by atoms with Gasteiger partial charge in [-0.1, -0.05) is 52.6 Å². The van der Waals surface area contributed by atoms with Crippen molar-refractivity contribution in [2.24, 2.45) is 0 Å². The maximum Gasteiger partial charge on any atom is 0.416 e. The number of nitrogens with one attached hydrogen (secondary N) is 1. The van der Waals surface area contributed by atoms with Crippen LogP contribution in [0.15, 0.2) is 62.7 Å². The molecular formula is C21H12Cl3F3N2O2S3. The van der Waals surface area contributed by atoms with Gasteiger partial charge in [-0.3, -0.25) is 4.72 Å². The highest BCUT2D eigenvalue weighted by molar-refractivity contribution is 8.01. The van der Waals surface area contributed by atoms with Crippen molar-refractivity contribution in [3.05, 3.63) is 74.7 Å². The van der Waals surface area contributed by atoms with E-state index in [-0.39, 0.29) is 20.8 Å². The molecule has 3 aromatic carbocycles. The van der Waals surface area contributed by atoms with E-state index in [0.29, 0.717) is 21.4 Å². The van der Waals surface area contributed by atoms with Gasteiger partial charge in [0.1, 0.15) is 0 Å². The summed E-state index contributed by atoms with van der Waals surface area (Å²) < 4.78 is 68.5. The minimum atomic E-state index is -4.76. The van der Waals surface area contributed by atoms with Crippen molar-refractivity contribution in [1.29, 1.82) is 0 Å². The lowest BCUT2D eigenvalue weighted by Crippen LogP contribution is -2.15. The molecule has 0 radical (unpaired) electrons. The van der Waals surface area contributed by atoms with E-state index in [4.69, 9.17) is 34.8 Å². The molecule has 1 heterocycles. The number of aryl methyl sites for hydroxylation is 1. The molecule has 34 heavy (non-hydrogen) atoms. The fourth-order valence-electron chi connectivity index (χ4n) is 2.96. The van der Waals surface area contributed by atoms with Crippen molar-refractivity contribution in [2.45, 2.75) is 27.2 Å². The maximum atomic E-state index is 13.1. The number of benzene rings is 3. The van der Waals surface area contributed by atoms with Crippen molar-refractivity contribution >= 4 is 83.8 Å². The number of rotatable bonds is 5. The van der Waals surface area contributed by atoms with Crippen LogP contribution in [0.1, 0.15) is 11.1 Å². The standard InChI is InChI=1S/C21H12Cl3F3N2O2S3/c1-10-2-3-18-17(4-10)28-20(32-18)33-19-15(23)8-13(9-16(19)24)29-34(30,31)14-6-11(21(25,26)27)5-12(22)7-14/h2-9,29H,1H3. The van der Waals surface area contributed by atoms with Gasteiger partial charge in [0, 0.05) is 5.02 Å². The smallest absolute Gasteiger partial charge is 0.280 e. The molecule has 0 unspecified atom stereocenters. The third kappa shape index (κ3) is 5.58. The van der Waals surface area contributed by atoms with E-state index in [1.165, 1.54) is 35.2 Å². The van der Waals surface area contributed by atoms with Gasteiger partial charge in [-0.15, -0.1) is 11.3 Å². The third-order valence-electron chi connectivity index (χ3n) is 4.47. The van der Waals surface area contributed by atoms with Crippen LogP contribution in [0.4, 0.5) is 18.9 Å². The van der Waals surface area contributed by atoms with Crippen LogP contribution in [0.3, 0.4) is 0 Å². The van der Waals surface area contributed by atoms with Crippen molar-refractivity contribution in [3.63, 3.8) is 0 Å². The van der Waals surface area contributed by atoms with Gasteiger partial charge in [-0.05, 0) is 55.0 Å². The van der Waals surface area contributed by atoms with Gasteiger partial charge in [0.05, 0.1) is 41.3 Å². The molecule has 1 N–H and O–H groups in total. The van der Waals surface area contributed by atoms with E-state index in [9.17, 15) is 21.6 Å². The van der Waals surface area contributed by atoms with Crippen molar-refractivity contribution < 1.29 is 21.6 Å². The molecule has 0 aliphatic rings. The fraction of sp³-hybridized carbons (Fsp3) is 0.0952. The first kappa shape index (κ1) is 25.4. The summed E-state index contributed by atoms with van der Waals surface area (Å²) in [6.07, 6.45) is -4.76. The van der Waals surface area contributed by atoms with Crippen LogP contribution in [-0.4, -0.2) is 13.4 Å². The van der Waals surface area contributed by atoms with Crippen molar-refractivity contribution in [2.75, 3.05) is 4.72 Å². The molecular weight excluding hydrogens is 572 g/mol. The second kappa shape index (κ2) is 9.40. The number of alkyl halides is 3. The zero-order chi connectivity index (χ0) is 24.8. The molecule has 0 amide bonds. The Morgan fingerprint density at radius 1 is 1.00 bits per heavy atom. The number of fused-ring (bicyclic) bond motifs is 1. The van der Waals surface area contributed by atoms with Gasteiger partial charge >= 0.3 is 6.18 Å². The Kier molecular flexibility index (Phi) is 7.03. The average Bonchev–Trinajstić information content (AvgIpc) is 3.11. The number of hydrogen-bond donors (Lipinski definition) is 1. The fourth-order valence-corrected chi connectivity index (χ4v) is 7.08. The second-order valence-electron chi connectivity index (χ2n) is 7.10. The van der Waals surface area contributed by atoms with Gasteiger partial charge in [0.2, 0.25) is 0 Å². The van der Waals surface area contributed by atoms with Gasteiger partial charge in [0.25, 0.3) is 10.0 Å². The van der Waals surface area contributed by atoms with Gasteiger partial charge in [-0.2, -0.15) is 13.2 Å². The van der Waals surface area contributed by atoms with Crippen LogP contribution in [0.2, 0.25) is 15.1 Å². The minimum Gasteiger partial charge on any atom is -0.280 e. The highest BCUT2D eigenvalue weighted by Crippen LogP contribution is 2.43. The first-order valence-electron chi connectivity index (χ1n) is 9.26. The molecule has 0 spiro atoms. The van der Waals surface area contributed by atoms with Crippen LogP contribution >= 0.6 is 57.9 Å². The maximum absolute atomic E-state index is 13.1. The molecule has 0 aliphatic heterocycles. The van der Waals surface area contributed by atoms with E-state index in [0.717, 1.165) is 21.8 Å². The van der Waals surface area contributed by atoms with Gasteiger partial charge < -0.3 is 0 Å². The van der Waals surface area contributed by atoms with Crippen molar-refractivity contribution in [3.8, 4) is 0 Å². The number of thiazole rings is 1. The Balaban J connectivity index is 1.62. The predicted molar refractivity (Wildman–Crippen MR) is 132 cm³/mol. The highest BCUT2D eigenvalue weighted by atomic mass is 35.5. The predicted octanol–water partition coefficient (Wildman–Crippen LogP) is 8.54. The average molecular weight is 584 g/mol. The molecule has 0 bridgehead atoms. The summed E-state index contributed by atoms with van der Waals surface area (Å²) in [5.41, 5.74) is 0.704. The first-order valence-corrected chi connectivity index (χ1v) is 13.5. The van der Waals surface area contributed by atoms with Gasteiger partial charge in [-0.25, -0.2) is 13.4 Å². The van der Waals surface area contributed by atoms with Crippen LogP contribution in [0.25, 0.3) is 10.2 Å². The zero-order valence-electron chi connectivity index (χ0n) is 16.9. The monoisotopic (exact) mass is 582 g/mol. The molecule has 4 rings (SSSR count). The molecule has 1 aromatic heterocycles. The number of nitrogens with zero attached hydrogens (tertiary/aromatic N) is 1. The van der Waals surface area contributed by atoms with Crippen molar-refractivity contribution in [1.82, 2.24) is 4.98 Å². The summed E-state index contributed by atoms with van der Waals surface area (Å²) in [5, 5.41) is -0.0792. The molecule has 13 heteroatoms. The van der Waals surface area contributed by atoms with E-state index < -0.39 is 26.7 Å². The van der Waals surface area contributed by atoms with Crippen LogP contribution in [-0.2, 0) is 16.2 Å². The molecule has 178 valence electrons. The first-order chi connectivity index (χ1) is 15.8. The Labute approximate surface area is 216 Å². The van der Waals surface area contributed by atoms with Gasteiger partial charge in [0.15, 0.2) is 4.34 Å². The van der Waals surface area contributed by atoms with Crippen LogP contribution in [0.5, 0.6) is 0 Å². The minimum absolute atomic E-state index is 0.0205. The van der Waals surface area contributed by atoms with Crippen LogP contribution < -0.4 is 4.72 Å². The molecule has 0 atom stereocenters. The summed E-state index contributed by atoms with van der Waals surface area (Å²) in [7, 11) is -4.41. The lowest BCUT2D eigenvalue weighted by Gasteiger charge is -2.13. The normalized spacial score (nSPS) is 12.3. The Morgan fingerprint density at radius 2 is 1.68 bits per heavy atom. The van der Waals surface area contributed by atoms with E-state index in [1.54, 1.807) is 0 Å². The summed E-state index contributed by atoms with van der Waals surface area (Å²) >= 11 is 21.1. The Hall–Kier alpha value is -1.69. The quantitative estimate of drug-likeness (QED) is 0.256. The molecule has 0 saturated heterocycles. The van der Waals surface area contributed by atoms with Crippen LogP contribution in [0, 0.1) is 6.92 Å². The van der Waals surface area contributed by atoms with E-state index in [2.05, 4.69) is 9.71 Å². The number of halogens is 6. The number of hydrogen-bond acceptors (Lipinski definition) is 5. The largest absolute Gasteiger partial charge is 0.416 e. The molecule has 0 aliphatic carbocycles. The Morgan fingerprint density at radius 3 is 2.32 bits per heavy atom. The Bertz CT molecular complexity index is 1500. The second-order valence-corrected chi connectivity index (χ2v) is 12.3. The number of anilines is 1. The number of sulfonamides is 1. The number of aromatic nitrogens is 1. The summed E-state index contributed by atoms with van der Waals surface area (Å²) in [4.78, 5) is 4.37. The molecule has 4 nitrogen and oxygen atoms in total. The van der Waals surface area contributed by atoms with E-state index >= 15 is 0 Å². The van der Waals surface area contributed by atoms with E-state index in [1.807, 2.05) is 25.1 Å². The summed E-state index contributed by atoms with van der Waals surface area (Å²) in [6, 6.07) is 10.6. The lowest BCUT2D eigenvalue weighted by molar-refractivity contribution is -0.137. The molecule has 4 aromatic rings. The topological polar surface area (TPSA) is 59.1 Å². The summed E-state index contributed by atoms with van der Waals surface area (Å²) in [6.45, 7) is 1.96. The zero-order valence-corrected chi connectivity index (χ0v) is 21.6. The summed E-state index contributed by atoms with van der Waals surface area (Å²) in [5.74, 6) is 0. The lowest BCUT2D eigenvalue weighted by atomic mass is 10.2. The highest BCUT2D eigenvalue weighted by Gasteiger charge is 2.32. The molecule has 0 saturated carbocycles. The SMILES string of the molecule is Cc1ccc2sc(Sc3c(Cl)cc(NS(=O)(=O)c4cc(Cl)cc(C(F)(F)F)c4)cc3Cl)nc2c1.